The van der Waals surface area contributed by atoms with Crippen molar-refractivity contribution < 1.29 is 9.90 Å². The largest absolute Gasteiger partial charge is 0.396 e. The molecule has 1 heterocycles. The van der Waals surface area contributed by atoms with E-state index >= 15 is 0 Å². The molecule has 1 amide bonds. The number of hydrogen-bond donors (Lipinski definition) is 2. The van der Waals surface area contributed by atoms with Gasteiger partial charge in [-0.15, -0.1) is 0 Å². The molecule has 0 bridgehead atoms. The Hall–Kier alpha value is -0.260. The molecule has 1 rings (SSSR count). The maximum Gasteiger partial charge on any atom is 0.239 e. The Kier molecular flexibility index (Phi) is 6.05. The third kappa shape index (κ3) is 4.40. The number of aliphatic hydroxyl groups excluding tert-OH is 1. The third-order valence-electron chi connectivity index (χ3n) is 2.52. The molecule has 1 aliphatic heterocycles. The lowest BCUT2D eigenvalue weighted by atomic mass is 10.1. The molecule has 0 aromatic rings. The molecule has 5 heteroatoms. The van der Waals surface area contributed by atoms with E-state index in [0.29, 0.717) is 0 Å². The van der Waals surface area contributed by atoms with E-state index < -0.39 is 0 Å². The van der Waals surface area contributed by atoms with E-state index in [0.717, 1.165) is 43.9 Å². The van der Waals surface area contributed by atoms with E-state index in [1.54, 1.807) is 11.8 Å². The fraction of sp³-hybridized carbons (Fsp3) is 0.900. The topological polar surface area (TPSA) is 66.6 Å². The Bertz CT molecular complexity index is 202. The Labute approximate surface area is 95.2 Å². The van der Waals surface area contributed by atoms with E-state index in [2.05, 4.69) is 0 Å². The monoisotopic (exact) mass is 232 g/mol. The van der Waals surface area contributed by atoms with Crippen LogP contribution in [0.2, 0.25) is 0 Å². The van der Waals surface area contributed by atoms with Crippen LogP contribution in [-0.4, -0.2) is 53.2 Å². The summed E-state index contributed by atoms with van der Waals surface area (Å²) in [6, 6.07) is -0.277. The number of carbonyl (C=O) groups excluding carboxylic acids is 1. The summed E-state index contributed by atoms with van der Waals surface area (Å²) in [5.41, 5.74) is 5.69. The number of carbonyl (C=O) groups is 1. The van der Waals surface area contributed by atoms with Gasteiger partial charge in [-0.2, -0.15) is 11.8 Å². The molecule has 1 aliphatic rings. The van der Waals surface area contributed by atoms with Crippen LogP contribution in [0.25, 0.3) is 0 Å². The molecule has 1 atom stereocenters. The van der Waals surface area contributed by atoms with Crippen LogP contribution >= 0.6 is 11.8 Å². The Balaban J connectivity index is 2.12. The number of amides is 1. The Morgan fingerprint density at radius 3 is 3.07 bits per heavy atom. The molecule has 0 aromatic carbocycles. The average Bonchev–Trinajstić information content (AvgIpc) is 2.24. The maximum atomic E-state index is 11.6. The minimum absolute atomic E-state index is 0.101. The highest BCUT2D eigenvalue weighted by Crippen LogP contribution is 2.11. The SMILES string of the molecule is NC1CCCN(CCSCCCO)C1=O. The van der Waals surface area contributed by atoms with Crippen molar-refractivity contribution in [3.05, 3.63) is 0 Å². The number of likely N-dealkylation sites (tertiary alicyclic amines) is 1. The molecule has 0 radical (unpaired) electrons. The molecule has 0 aromatic heterocycles. The van der Waals surface area contributed by atoms with Crippen molar-refractivity contribution in [2.24, 2.45) is 5.73 Å². The first kappa shape index (κ1) is 12.8. The van der Waals surface area contributed by atoms with Gasteiger partial charge < -0.3 is 15.7 Å². The predicted molar refractivity (Wildman–Crippen MR) is 62.8 cm³/mol. The highest BCUT2D eigenvalue weighted by atomic mass is 32.2. The van der Waals surface area contributed by atoms with Gasteiger partial charge in [0.15, 0.2) is 0 Å². The lowest BCUT2D eigenvalue weighted by Gasteiger charge is -2.30. The van der Waals surface area contributed by atoms with Crippen molar-refractivity contribution in [2.75, 3.05) is 31.2 Å². The Morgan fingerprint density at radius 2 is 2.33 bits per heavy atom. The fourth-order valence-electron chi connectivity index (χ4n) is 1.64. The van der Waals surface area contributed by atoms with E-state index in [1.165, 1.54) is 0 Å². The molecule has 4 nitrogen and oxygen atoms in total. The van der Waals surface area contributed by atoms with E-state index in [-0.39, 0.29) is 18.6 Å². The van der Waals surface area contributed by atoms with Crippen LogP contribution in [0, 0.1) is 0 Å². The van der Waals surface area contributed by atoms with Gasteiger partial charge in [0.1, 0.15) is 0 Å². The highest BCUT2D eigenvalue weighted by Gasteiger charge is 2.24. The van der Waals surface area contributed by atoms with Crippen molar-refractivity contribution in [1.29, 1.82) is 0 Å². The molecule has 0 spiro atoms. The third-order valence-corrected chi connectivity index (χ3v) is 3.57. The van der Waals surface area contributed by atoms with Crippen molar-refractivity contribution in [2.45, 2.75) is 25.3 Å². The minimum atomic E-state index is -0.277. The van der Waals surface area contributed by atoms with Crippen molar-refractivity contribution >= 4 is 17.7 Å². The maximum absolute atomic E-state index is 11.6. The summed E-state index contributed by atoms with van der Waals surface area (Å²) in [5, 5.41) is 8.60. The Morgan fingerprint density at radius 1 is 1.53 bits per heavy atom. The second kappa shape index (κ2) is 7.09. The summed E-state index contributed by atoms with van der Waals surface area (Å²) in [7, 11) is 0. The fourth-order valence-corrected chi connectivity index (χ4v) is 2.52. The predicted octanol–water partition coefficient (Wildman–Crippen LogP) is 0.0517. The number of thioether (sulfide) groups is 1. The quantitative estimate of drug-likeness (QED) is 0.635. The van der Waals surface area contributed by atoms with Gasteiger partial charge in [0.25, 0.3) is 0 Å². The van der Waals surface area contributed by atoms with Gasteiger partial charge in [-0.1, -0.05) is 0 Å². The van der Waals surface area contributed by atoms with Gasteiger partial charge >= 0.3 is 0 Å². The second-order valence-corrected chi connectivity index (χ2v) is 4.99. The van der Waals surface area contributed by atoms with Gasteiger partial charge in [0.05, 0.1) is 6.04 Å². The number of nitrogens with zero attached hydrogens (tertiary/aromatic N) is 1. The molecule has 15 heavy (non-hydrogen) atoms. The average molecular weight is 232 g/mol. The zero-order valence-electron chi connectivity index (χ0n) is 9.02. The van der Waals surface area contributed by atoms with Crippen molar-refractivity contribution in [3.63, 3.8) is 0 Å². The van der Waals surface area contributed by atoms with Crippen LogP contribution in [-0.2, 0) is 4.79 Å². The van der Waals surface area contributed by atoms with Crippen LogP contribution in [0.15, 0.2) is 0 Å². The lowest BCUT2D eigenvalue weighted by molar-refractivity contribution is -0.134. The minimum Gasteiger partial charge on any atom is -0.396 e. The molecule has 0 aliphatic carbocycles. The summed E-state index contributed by atoms with van der Waals surface area (Å²) in [4.78, 5) is 13.5. The summed E-state index contributed by atoms with van der Waals surface area (Å²) >= 11 is 1.78. The van der Waals surface area contributed by atoms with Crippen molar-refractivity contribution in [1.82, 2.24) is 4.90 Å². The van der Waals surface area contributed by atoms with Crippen LogP contribution in [0.5, 0.6) is 0 Å². The highest BCUT2D eigenvalue weighted by molar-refractivity contribution is 7.99. The molecule has 1 fully saturated rings. The number of piperidine rings is 1. The van der Waals surface area contributed by atoms with Gasteiger partial charge in [0.2, 0.25) is 5.91 Å². The summed E-state index contributed by atoms with van der Waals surface area (Å²) in [6.07, 6.45) is 2.68. The van der Waals surface area contributed by atoms with E-state index in [9.17, 15) is 4.79 Å². The zero-order valence-corrected chi connectivity index (χ0v) is 9.84. The molecule has 3 N–H and O–H groups in total. The number of aliphatic hydroxyl groups is 1. The van der Waals surface area contributed by atoms with Crippen LogP contribution in [0.4, 0.5) is 0 Å². The summed E-state index contributed by atoms with van der Waals surface area (Å²) in [6.45, 7) is 1.90. The van der Waals surface area contributed by atoms with Gasteiger partial charge in [-0.3, -0.25) is 4.79 Å². The number of hydrogen-bond acceptors (Lipinski definition) is 4. The van der Waals surface area contributed by atoms with E-state index in [4.69, 9.17) is 10.8 Å². The number of rotatable bonds is 6. The van der Waals surface area contributed by atoms with Crippen LogP contribution in [0.3, 0.4) is 0 Å². The zero-order chi connectivity index (χ0) is 11.1. The van der Waals surface area contributed by atoms with E-state index in [1.807, 2.05) is 4.90 Å². The standard InChI is InChI=1S/C10H20N2O2S/c11-9-3-1-4-12(10(9)14)5-8-15-7-2-6-13/h9,13H,1-8,11H2. The van der Waals surface area contributed by atoms with Crippen LogP contribution in [0.1, 0.15) is 19.3 Å². The number of nitrogens with two attached hydrogens (primary N) is 1. The van der Waals surface area contributed by atoms with Gasteiger partial charge in [0, 0.05) is 25.4 Å². The van der Waals surface area contributed by atoms with Gasteiger partial charge in [-0.25, -0.2) is 0 Å². The summed E-state index contributed by atoms with van der Waals surface area (Å²) in [5.74, 6) is 2.01. The first-order valence-corrected chi connectivity index (χ1v) is 6.64. The molecular weight excluding hydrogens is 212 g/mol. The molecule has 1 saturated heterocycles. The van der Waals surface area contributed by atoms with Crippen molar-refractivity contribution in [3.8, 4) is 0 Å². The summed E-state index contributed by atoms with van der Waals surface area (Å²) < 4.78 is 0. The smallest absolute Gasteiger partial charge is 0.239 e. The second-order valence-electron chi connectivity index (χ2n) is 3.76. The lowest BCUT2D eigenvalue weighted by Crippen LogP contribution is -2.48. The molecular formula is C10H20N2O2S. The normalized spacial score (nSPS) is 22.1. The molecule has 88 valence electrons. The first-order valence-electron chi connectivity index (χ1n) is 5.48. The first-order chi connectivity index (χ1) is 7.25. The van der Waals surface area contributed by atoms with Crippen LogP contribution < -0.4 is 5.73 Å². The van der Waals surface area contributed by atoms with Gasteiger partial charge in [-0.05, 0) is 25.0 Å². The molecule has 1 unspecified atom stereocenters. The molecule has 0 saturated carbocycles.